The van der Waals surface area contributed by atoms with Crippen LogP contribution in [-0.4, -0.2) is 28.0 Å². The van der Waals surface area contributed by atoms with Crippen LogP contribution in [0.1, 0.15) is 28.4 Å². The molecule has 0 N–H and O–H groups in total. The van der Waals surface area contributed by atoms with Crippen LogP contribution in [0.15, 0.2) is 60.9 Å². The van der Waals surface area contributed by atoms with E-state index < -0.39 is 11.7 Å². The Kier molecular flexibility index (Phi) is 4.42. The van der Waals surface area contributed by atoms with Crippen molar-refractivity contribution in [1.29, 1.82) is 5.26 Å². The minimum absolute atomic E-state index is 0.0288. The molecule has 146 valence electrons. The summed E-state index contributed by atoms with van der Waals surface area (Å²) in [6.45, 7) is 2.73. The molecule has 1 fully saturated rings. The summed E-state index contributed by atoms with van der Waals surface area (Å²) in [5.74, 6) is -0.0288. The van der Waals surface area contributed by atoms with Crippen molar-refractivity contribution < 1.29 is 18.0 Å². The van der Waals surface area contributed by atoms with Crippen LogP contribution in [0.2, 0.25) is 0 Å². The van der Waals surface area contributed by atoms with Gasteiger partial charge >= 0.3 is 6.18 Å². The molecule has 1 unspecified atom stereocenters. The molecule has 1 aliphatic heterocycles. The van der Waals surface area contributed by atoms with Crippen LogP contribution in [0, 0.1) is 11.3 Å². The fourth-order valence-electron chi connectivity index (χ4n) is 3.25. The second-order valence-corrected chi connectivity index (χ2v) is 7.04. The van der Waals surface area contributed by atoms with Gasteiger partial charge in [0.05, 0.1) is 11.1 Å². The maximum Gasteiger partial charge on any atom is 0.416 e. The molecule has 4 rings (SSSR count). The molecule has 0 spiro atoms. The van der Waals surface area contributed by atoms with Gasteiger partial charge in [-0.1, -0.05) is 12.1 Å². The second-order valence-electron chi connectivity index (χ2n) is 7.04. The molecule has 1 aromatic heterocycles. The largest absolute Gasteiger partial charge is 0.416 e. The van der Waals surface area contributed by atoms with Gasteiger partial charge in [-0.15, -0.1) is 0 Å². The van der Waals surface area contributed by atoms with Gasteiger partial charge in [0.25, 0.3) is 5.91 Å². The number of amides is 1. The van der Waals surface area contributed by atoms with E-state index >= 15 is 0 Å². The number of carbonyl (C=O) groups excluding carboxylic acids is 1. The Bertz CT molecular complexity index is 1120. The number of halogens is 3. The SMILES string of the molecule is CC1CN1C(=O)c1ccc(-n2cc(C#N)c(-c3cccc(C(F)(F)F)c3)c2)cc1. The van der Waals surface area contributed by atoms with E-state index in [-0.39, 0.29) is 17.5 Å². The zero-order chi connectivity index (χ0) is 20.8. The van der Waals surface area contributed by atoms with Crippen molar-refractivity contribution in [2.24, 2.45) is 0 Å². The van der Waals surface area contributed by atoms with E-state index in [1.54, 1.807) is 52.2 Å². The monoisotopic (exact) mass is 395 g/mol. The van der Waals surface area contributed by atoms with Gasteiger partial charge in [0.2, 0.25) is 0 Å². The Labute approximate surface area is 165 Å². The fraction of sp³-hybridized carbons (Fsp3) is 0.182. The Morgan fingerprint density at radius 1 is 1.14 bits per heavy atom. The van der Waals surface area contributed by atoms with Crippen molar-refractivity contribution in [2.45, 2.75) is 19.1 Å². The molecule has 0 aliphatic carbocycles. The van der Waals surface area contributed by atoms with Crippen LogP contribution < -0.4 is 0 Å². The standard InChI is InChI=1S/C22H16F3N3O/c1-14-11-28(14)21(29)15-5-7-19(8-6-15)27-12-17(10-26)20(13-27)16-3-2-4-18(9-16)22(23,24)25/h2-9,12-14H,11H2,1H3. The molecule has 4 nitrogen and oxygen atoms in total. The van der Waals surface area contributed by atoms with Crippen molar-refractivity contribution in [3.05, 3.63) is 77.6 Å². The average molecular weight is 395 g/mol. The maximum atomic E-state index is 13.0. The predicted molar refractivity (Wildman–Crippen MR) is 101 cm³/mol. The van der Waals surface area contributed by atoms with Crippen LogP contribution in [-0.2, 0) is 6.18 Å². The van der Waals surface area contributed by atoms with Crippen molar-refractivity contribution in [1.82, 2.24) is 9.47 Å². The van der Waals surface area contributed by atoms with E-state index in [4.69, 9.17) is 0 Å². The van der Waals surface area contributed by atoms with Gasteiger partial charge in [-0.25, -0.2) is 0 Å². The van der Waals surface area contributed by atoms with E-state index in [0.29, 0.717) is 22.4 Å². The lowest BCUT2D eigenvalue weighted by molar-refractivity contribution is -0.137. The summed E-state index contributed by atoms with van der Waals surface area (Å²) in [6, 6.07) is 14.1. The van der Waals surface area contributed by atoms with E-state index in [2.05, 4.69) is 0 Å². The lowest BCUT2D eigenvalue weighted by Gasteiger charge is -2.08. The number of hydrogen-bond acceptors (Lipinski definition) is 2. The second kappa shape index (κ2) is 6.82. The molecule has 2 aromatic carbocycles. The molecule has 0 radical (unpaired) electrons. The van der Waals surface area contributed by atoms with Crippen molar-refractivity contribution in [3.63, 3.8) is 0 Å². The summed E-state index contributed by atoms with van der Waals surface area (Å²) in [5, 5.41) is 9.44. The molecule has 2 heterocycles. The maximum absolute atomic E-state index is 13.0. The first-order chi connectivity index (χ1) is 13.8. The molecule has 0 bridgehead atoms. The fourth-order valence-corrected chi connectivity index (χ4v) is 3.25. The third-order valence-electron chi connectivity index (χ3n) is 4.98. The number of alkyl halides is 3. The van der Waals surface area contributed by atoms with Gasteiger partial charge in [0, 0.05) is 41.8 Å². The Morgan fingerprint density at radius 3 is 2.41 bits per heavy atom. The number of benzene rings is 2. The van der Waals surface area contributed by atoms with Gasteiger partial charge in [-0.3, -0.25) is 4.79 Å². The van der Waals surface area contributed by atoms with Gasteiger partial charge in [-0.05, 0) is 48.9 Å². The van der Waals surface area contributed by atoms with E-state index in [1.165, 1.54) is 6.07 Å². The van der Waals surface area contributed by atoms with Gasteiger partial charge in [-0.2, -0.15) is 18.4 Å². The quantitative estimate of drug-likeness (QED) is 0.594. The molecule has 29 heavy (non-hydrogen) atoms. The normalized spacial score (nSPS) is 15.8. The molecular weight excluding hydrogens is 379 g/mol. The summed E-state index contributed by atoms with van der Waals surface area (Å²) < 4.78 is 40.7. The predicted octanol–water partition coefficient (Wildman–Crippen LogP) is 4.88. The van der Waals surface area contributed by atoms with Gasteiger partial charge < -0.3 is 9.47 Å². The first kappa shape index (κ1) is 18.8. The Hall–Kier alpha value is -3.53. The van der Waals surface area contributed by atoms with E-state index in [1.807, 2.05) is 13.0 Å². The average Bonchev–Trinajstić information content (AvgIpc) is 3.28. The first-order valence-electron chi connectivity index (χ1n) is 8.99. The van der Waals surface area contributed by atoms with Crippen LogP contribution in [0.4, 0.5) is 13.2 Å². The minimum Gasteiger partial charge on any atom is -0.332 e. The molecule has 3 aromatic rings. The highest BCUT2D eigenvalue weighted by Crippen LogP contribution is 2.34. The van der Waals surface area contributed by atoms with Crippen LogP contribution in [0.5, 0.6) is 0 Å². The van der Waals surface area contributed by atoms with E-state index in [9.17, 15) is 23.2 Å². The zero-order valence-electron chi connectivity index (χ0n) is 15.4. The number of nitriles is 1. The number of aromatic nitrogens is 1. The van der Waals surface area contributed by atoms with Gasteiger partial charge in [0.1, 0.15) is 6.07 Å². The number of hydrogen-bond donors (Lipinski definition) is 0. The molecular formula is C22H16F3N3O. The lowest BCUT2D eigenvalue weighted by atomic mass is 10.0. The molecule has 0 saturated carbocycles. The van der Waals surface area contributed by atoms with E-state index in [0.717, 1.165) is 18.7 Å². The number of nitrogens with zero attached hydrogens (tertiary/aromatic N) is 3. The third kappa shape index (κ3) is 3.61. The molecule has 1 aliphatic rings. The summed E-state index contributed by atoms with van der Waals surface area (Å²) in [7, 11) is 0. The molecule has 1 saturated heterocycles. The number of rotatable bonds is 3. The molecule has 1 amide bonds. The highest BCUT2D eigenvalue weighted by molar-refractivity contribution is 5.96. The summed E-state index contributed by atoms with van der Waals surface area (Å²) in [4.78, 5) is 14.0. The molecule has 1 atom stereocenters. The summed E-state index contributed by atoms with van der Waals surface area (Å²) in [6.07, 6.45) is -1.26. The summed E-state index contributed by atoms with van der Waals surface area (Å²) in [5.41, 5.74) is 1.51. The zero-order valence-corrected chi connectivity index (χ0v) is 15.4. The summed E-state index contributed by atoms with van der Waals surface area (Å²) >= 11 is 0. The third-order valence-corrected chi connectivity index (χ3v) is 4.98. The minimum atomic E-state index is -4.46. The highest BCUT2D eigenvalue weighted by Gasteiger charge is 2.34. The Morgan fingerprint density at radius 2 is 1.83 bits per heavy atom. The van der Waals surface area contributed by atoms with Gasteiger partial charge in [0.15, 0.2) is 0 Å². The highest BCUT2D eigenvalue weighted by atomic mass is 19.4. The molecule has 7 heteroatoms. The Balaban J connectivity index is 1.67. The topological polar surface area (TPSA) is 48.8 Å². The van der Waals surface area contributed by atoms with Crippen molar-refractivity contribution >= 4 is 5.91 Å². The smallest absolute Gasteiger partial charge is 0.332 e. The lowest BCUT2D eigenvalue weighted by Crippen LogP contribution is -2.12. The number of carbonyl (C=O) groups is 1. The van der Waals surface area contributed by atoms with Crippen molar-refractivity contribution in [3.8, 4) is 22.9 Å². The van der Waals surface area contributed by atoms with Crippen LogP contribution in [0.3, 0.4) is 0 Å². The van der Waals surface area contributed by atoms with Crippen LogP contribution >= 0.6 is 0 Å². The first-order valence-corrected chi connectivity index (χ1v) is 8.99. The van der Waals surface area contributed by atoms with Crippen molar-refractivity contribution in [2.75, 3.05) is 6.54 Å². The van der Waals surface area contributed by atoms with Crippen LogP contribution in [0.25, 0.3) is 16.8 Å².